The van der Waals surface area contributed by atoms with Crippen LogP contribution in [0.15, 0.2) is 60.7 Å². The van der Waals surface area contributed by atoms with Crippen molar-refractivity contribution in [2.45, 2.75) is 19.1 Å². The SMILES string of the molecule is c1ccc(C[C@H]2CN(Cc3ccccc3)CCO2)cc1. The van der Waals surface area contributed by atoms with Crippen LogP contribution < -0.4 is 0 Å². The Morgan fingerprint density at radius 2 is 1.55 bits per heavy atom. The minimum atomic E-state index is 0.315. The molecular weight excluding hydrogens is 246 g/mol. The molecule has 0 N–H and O–H groups in total. The lowest BCUT2D eigenvalue weighted by Gasteiger charge is -2.33. The number of ether oxygens (including phenoxy) is 1. The highest BCUT2D eigenvalue weighted by atomic mass is 16.5. The molecule has 1 saturated heterocycles. The molecule has 2 aromatic rings. The molecule has 1 atom stereocenters. The van der Waals surface area contributed by atoms with Crippen molar-refractivity contribution in [3.63, 3.8) is 0 Å². The van der Waals surface area contributed by atoms with Gasteiger partial charge in [0.1, 0.15) is 0 Å². The predicted molar refractivity (Wildman–Crippen MR) is 81.6 cm³/mol. The standard InChI is InChI=1S/C18H21NO/c1-3-7-16(8-4-1)13-18-15-19(11-12-20-18)14-17-9-5-2-6-10-17/h1-10,18H,11-15H2/t18-/m0/s1. The Kier molecular flexibility index (Phi) is 4.46. The highest BCUT2D eigenvalue weighted by molar-refractivity contribution is 5.16. The van der Waals surface area contributed by atoms with E-state index in [0.717, 1.165) is 32.7 Å². The largest absolute Gasteiger partial charge is 0.375 e. The molecule has 0 unspecified atom stereocenters. The molecule has 0 radical (unpaired) electrons. The zero-order valence-corrected chi connectivity index (χ0v) is 11.7. The van der Waals surface area contributed by atoms with Crippen LogP contribution in [0.2, 0.25) is 0 Å². The van der Waals surface area contributed by atoms with Gasteiger partial charge in [0.2, 0.25) is 0 Å². The quantitative estimate of drug-likeness (QED) is 0.844. The maximum Gasteiger partial charge on any atom is 0.0743 e. The molecule has 1 heterocycles. The minimum Gasteiger partial charge on any atom is -0.375 e. The van der Waals surface area contributed by atoms with Gasteiger partial charge in [-0.3, -0.25) is 4.90 Å². The van der Waals surface area contributed by atoms with Crippen LogP contribution >= 0.6 is 0 Å². The number of nitrogens with zero attached hydrogens (tertiary/aromatic N) is 1. The molecule has 3 rings (SSSR count). The molecule has 0 aromatic heterocycles. The summed E-state index contributed by atoms with van der Waals surface area (Å²) >= 11 is 0. The van der Waals surface area contributed by atoms with Crippen molar-refractivity contribution in [1.29, 1.82) is 0 Å². The molecule has 104 valence electrons. The maximum absolute atomic E-state index is 5.91. The molecule has 2 aromatic carbocycles. The molecule has 2 heteroatoms. The van der Waals surface area contributed by atoms with Crippen LogP contribution in [0.1, 0.15) is 11.1 Å². The summed E-state index contributed by atoms with van der Waals surface area (Å²) in [5.74, 6) is 0. The van der Waals surface area contributed by atoms with Crippen molar-refractivity contribution in [1.82, 2.24) is 4.90 Å². The highest BCUT2D eigenvalue weighted by Gasteiger charge is 2.20. The van der Waals surface area contributed by atoms with Gasteiger partial charge in [0.05, 0.1) is 12.7 Å². The van der Waals surface area contributed by atoms with E-state index in [9.17, 15) is 0 Å². The smallest absolute Gasteiger partial charge is 0.0743 e. The minimum absolute atomic E-state index is 0.315. The van der Waals surface area contributed by atoms with E-state index < -0.39 is 0 Å². The Hall–Kier alpha value is -1.64. The van der Waals surface area contributed by atoms with Crippen LogP contribution in [0.4, 0.5) is 0 Å². The molecule has 0 saturated carbocycles. The van der Waals surface area contributed by atoms with Crippen LogP contribution in [0.25, 0.3) is 0 Å². The first-order chi connectivity index (χ1) is 9.90. The van der Waals surface area contributed by atoms with E-state index >= 15 is 0 Å². The van der Waals surface area contributed by atoms with E-state index in [4.69, 9.17) is 4.74 Å². The van der Waals surface area contributed by atoms with E-state index in [1.165, 1.54) is 11.1 Å². The fraction of sp³-hybridized carbons (Fsp3) is 0.333. The van der Waals surface area contributed by atoms with Gasteiger partial charge in [-0.25, -0.2) is 0 Å². The Labute approximate surface area is 121 Å². The monoisotopic (exact) mass is 267 g/mol. The molecule has 1 fully saturated rings. The Bertz CT molecular complexity index is 464. The van der Waals surface area contributed by atoms with E-state index in [1.807, 2.05) is 0 Å². The zero-order valence-electron chi connectivity index (χ0n) is 11.7. The fourth-order valence-electron chi connectivity index (χ4n) is 2.77. The van der Waals surface area contributed by atoms with Crippen LogP contribution in [0, 0.1) is 0 Å². The first-order valence-corrected chi connectivity index (χ1v) is 7.32. The summed E-state index contributed by atoms with van der Waals surface area (Å²) in [5.41, 5.74) is 2.74. The molecule has 0 spiro atoms. The maximum atomic E-state index is 5.91. The molecule has 1 aliphatic rings. The van der Waals surface area contributed by atoms with E-state index in [1.54, 1.807) is 0 Å². The summed E-state index contributed by atoms with van der Waals surface area (Å²) in [5, 5.41) is 0. The van der Waals surface area contributed by atoms with Gasteiger partial charge in [-0.05, 0) is 17.5 Å². The fourth-order valence-corrected chi connectivity index (χ4v) is 2.77. The average Bonchev–Trinajstić information content (AvgIpc) is 2.50. The lowest BCUT2D eigenvalue weighted by molar-refractivity contribution is -0.0304. The molecule has 20 heavy (non-hydrogen) atoms. The third-order valence-electron chi connectivity index (χ3n) is 3.78. The second kappa shape index (κ2) is 6.69. The summed E-state index contributed by atoms with van der Waals surface area (Å²) < 4.78 is 5.91. The number of benzene rings is 2. The van der Waals surface area contributed by atoms with Crippen molar-refractivity contribution in [3.8, 4) is 0 Å². The van der Waals surface area contributed by atoms with Crippen LogP contribution in [0.3, 0.4) is 0 Å². The highest BCUT2D eigenvalue weighted by Crippen LogP contribution is 2.14. The van der Waals surface area contributed by atoms with Crippen molar-refractivity contribution < 1.29 is 4.74 Å². The first kappa shape index (κ1) is 13.3. The third-order valence-corrected chi connectivity index (χ3v) is 3.78. The summed E-state index contributed by atoms with van der Waals surface area (Å²) in [6.45, 7) is 3.91. The normalized spacial score (nSPS) is 19.9. The topological polar surface area (TPSA) is 12.5 Å². The number of hydrogen-bond acceptors (Lipinski definition) is 2. The van der Waals surface area contributed by atoms with Gasteiger partial charge in [-0.2, -0.15) is 0 Å². The van der Waals surface area contributed by atoms with Crippen LogP contribution in [-0.4, -0.2) is 30.7 Å². The molecule has 0 bridgehead atoms. The summed E-state index contributed by atoms with van der Waals surface area (Å²) in [6.07, 6.45) is 1.32. The lowest BCUT2D eigenvalue weighted by atomic mass is 10.1. The zero-order chi connectivity index (χ0) is 13.6. The second-order valence-electron chi connectivity index (χ2n) is 5.40. The predicted octanol–water partition coefficient (Wildman–Crippen LogP) is 3.13. The number of hydrogen-bond donors (Lipinski definition) is 0. The van der Waals surface area contributed by atoms with Gasteiger partial charge in [0, 0.05) is 19.6 Å². The van der Waals surface area contributed by atoms with Crippen molar-refractivity contribution in [2.24, 2.45) is 0 Å². The Morgan fingerprint density at radius 1 is 0.900 bits per heavy atom. The molecule has 1 aliphatic heterocycles. The van der Waals surface area contributed by atoms with E-state index in [0.29, 0.717) is 6.10 Å². The van der Waals surface area contributed by atoms with Gasteiger partial charge < -0.3 is 4.74 Å². The van der Waals surface area contributed by atoms with E-state index in [-0.39, 0.29) is 0 Å². The van der Waals surface area contributed by atoms with Crippen LogP contribution in [0.5, 0.6) is 0 Å². The Morgan fingerprint density at radius 3 is 2.25 bits per heavy atom. The van der Waals surface area contributed by atoms with Gasteiger partial charge in [-0.15, -0.1) is 0 Å². The summed E-state index contributed by atoms with van der Waals surface area (Å²) in [6, 6.07) is 21.3. The van der Waals surface area contributed by atoms with Gasteiger partial charge in [-0.1, -0.05) is 60.7 Å². The van der Waals surface area contributed by atoms with Crippen molar-refractivity contribution in [3.05, 3.63) is 71.8 Å². The third kappa shape index (κ3) is 3.69. The summed E-state index contributed by atoms with van der Waals surface area (Å²) in [4.78, 5) is 2.49. The van der Waals surface area contributed by atoms with Gasteiger partial charge >= 0.3 is 0 Å². The summed E-state index contributed by atoms with van der Waals surface area (Å²) in [7, 11) is 0. The Balaban J connectivity index is 1.57. The van der Waals surface area contributed by atoms with Crippen LogP contribution in [-0.2, 0) is 17.7 Å². The molecule has 0 amide bonds. The van der Waals surface area contributed by atoms with Crippen molar-refractivity contribution >= 4 is 0 Å². The average molecular weight is 267 g/mol. The number of rotatable bonds is 4. The molecule has 0 aliphatic carbocycles. The van der Waals surface area contributed by atoms with E-state index in [2.05, 4.69) is 65.6 Å². The lowest BCUT2D eigenvalue weighted by Crippen LogP contribution is -2.42. The molecule has 2 nitrogen and oxygen atoms in total. The van der Waals surface area contributed by atoms with Crippen molar-refractivity contribution in [2.75, 3.05) is 19.7 Å². The van der Waals surface area contributed by atoms with Gasteiger partial charge in [0.25, 0.3) is 0 Å². The first-order valence-electron chi connectivity index (χ1n) is 7.32. The van der Waals surface area contributed by atoms with Gasteiger partial charge in [0.15, 0.2) is 0 Å². The number of morpholine rings is 1. The molecular formula is C18H21NO. The second-order valence-corrected chi connectivity index (χ2v) is 5.40.